The van der Waals surface area contributed by atoms with Gasteiger partial charge >= 0.3 is 5.97 Å². The van der Waals surface area contributed by atoms with Crippen LogP contribution >= 0.6 is 27.5 Å². The van der Waals surface area contributed by atoms with Gasteiger partial charge in [-0.3, -0.25) is 19.2 Å². The summed E-state index contributed by atoms with van der Waals surface area (Å²) in [7, 11) is 0. The maximum Gasteiger partial charge on any atom is 0.306 e. The number of carbonyl (C=O) groups excluding carboxylic acids is 4. The predicted octanol–water partition coefficient (Wildman–Crippen LogP) is 5.69. The molecule has 10 nitrogen and oxygen atoms in total. The number of aliphatic hydroxyl groups is 1. The fraction of sp³-hybridized carbons (Fsp3) is 0.487. The average Bonchev–Trinajstić information content (AvgIpc) is 3.72. The van der Waals surface area contributed by atoms with Crippen LogP contribution in [0.4, 0.5) is 5.69 Å². The molecule has 2 bridgehead atoms. The highest BCUT2D eigenvalue weighted by molar-refractivity contribution is 9.09. The second kappa shape index (κ2) is 16.4. The lowest BCUT2D eigenvalue weighted by molar-refractivity contribution is -0.147. The van der Waals surface area contributed by atoms with Crippen molar-refractivity contribution >= 4 is 56.9 Å². The van der Waals surface area contributed by atoms with Crippen LogP contribution in [0, 0.1) is 24.7 Å². The molecule has 0 radical (unpaired) electrons. The van der Waals surface area contributed by atoms with Gasteiger partial charge in [0.25, 0.3) is 5.91 Å². The molecule has 1 unspecified atom stereocenters. The Morgan fingerprint density at radius 1 is 1.20 bits per heavy atom. The number of ether oxygens (including phenoxy) is 2. The molecule has 0 aromatic heterocycles. The van der Waals surface area contributed by atoms with Crippen LogP contribution in [0.5, 0.6) is 0 Å². The Labute approximate surface area is 313 Å². The summed E-state index contributed by atoms with van der Waals surface area (Å²) in [5.74, 6) is -3.91. The number of esters is 1. The van der Waals surface area contributed by atoms with E-state index in [4.69, 9.17) is 21.1 Å². The number of halogens is 2. The molecule has 12 heteroatoms. The molecule has 3 fully saturated rings. The topological polar surface area (TPSA) is 125 Å². The largest absolute Gasteiger partial charge is 0.463 e. The first-order valence-electron chi connectivity index (χ1n) is 17.5. The van der Waals surface area contributed by atoms with Gasteiger partial charge in [0.15, 0.2) is 0 Å². The fourth-order valence-electron chi connectivity index (χ4n) is 7.99. The van der Waals surface area contributed by atoms with Gasteiger partial charge in [0.05, 0.1) is 47.3 Å². The summed E-state index contributed by atoms with van der Waals surface area (Å²) in [6, 6.07) is 11.9. The SMILES string of the molecule is C=CCCC(=O)OC[C@H](NC(=O)[C@H]1[C@@H]2O[C@@]3(CC2Br)[C@@H]1C(=O)N([C@@H](CO)[C@@H](C)CC)[C@@H]3C(=O)N(CC=C)c1c(C)cccc1Cl)c1ccccc1. The van der Waals surface area contributed by atoms with Crippen molar-refractivity contribution in [1.29, 1.82) is 0 Å². The van der Waals surface area contributed by atoms with Crippen LogP contribution < -0.4 is 10.2 Å². The summed E-state index contributed by atoms with van der Waals surface area (Å²) in [6.45, 7) is 12.9. The first-order valence-corrected chi connectivity index (χ1v) is 18.8. The number of hydrogen-bond acceptors (Lipinski definition) is 7. The minimum Gasteiger partial charge on any atom is -0.463 e. The average molecular weight is 785 g/mol. The maximum atomic E-state index is 15.1. The molecule has 0 saturated carbocycles. The van der Waals surface area contributed by atoms with Gasteiger partial charge in [0.2, 0.25) is 11.8 Å². The van der Waals surface area contributed by atoms with Crippen molar-refractivity contribution in [2.24, 2.45) is 17.8 Å². The van der Waals surface area contributed by atoms with Crippen LogP contribution in [0.2, 0.25) is 5.02 Å². The number of para-hydroxylation sites is 1. The smallest absolute Gasteiger partial charge is 0.306 e. The van der Waals surface area contributed by atoms with Gasteiger partial charge in [-0.15, -0.1) is 13.2 Å². The molecule has 51 heavy (non-hydrogen) atoms. The molecular formula is C39H47BrClN3O7. The number of amides is 3. The van der Waals surface area contributed by atoms with Gasteiger partial charge in [0, 0.05) is 17.8 Å². The maximum absolute atomic E-state index is 15.1. The number of likely N-dealkylation sites (tertiary alicyclic amines) is 1. The van der Waals surface area contributed by atoms with Crippen LogP contribution in [0.15, 0.2) is 73.8 Å². The zero-order valence-electron chi connectivity index (χ0n) is 29.3. The normalized spacial score (nSPS) is 26.6. The summed E-state index contributed by atoms with van der Waals surface area (Å²) < 4.78 is 12.3. The molecule has 2 N–H and O–H groups in total. The molecule has 3 aliphatic rings. The highest BCUT2D eigenvalue weighted by Gasteiger charge is 2.77. The zero-order chi connectivity index (χ0) is 37.0. The molecule has 1 spiro atoms. The Bertz CT molecular complexity index is 1620. The number of anilines is 1. The van der Waals surface area contributed by atoms with Gasteiger partial charge in [-0.1, -0.05) is 102 Å². The molecule has 9 atom stereocenters. The minimum atomic E-state index is -1.39. The van der Waals surface area contributed by atoms with E-state index in [1.807, 2.05) is 57.2 Å². The van der Waals surface area contributed by atoms with E-state index < -0.39 is 65.4 Å². The second-order valence-corrected chi connectivity index (χ2v) is 15.3. The van der Waals surface area contributed by atoms with Crippen molar-refractivity contribution in [3.8, 4) is 0 Å². The number of fused-ring (bicyclic) bond motifs is 1. The van der Waals surface area contributed by atoms with Crippen molar-refractivity contribution < 1.29 is 33.8 Å². The number of benzene rings is 2. The molecule has 3 heterocycles. The van der Waals surface area contributed by atoms with Crippen LogP contribution in [-0.4, -0.2) is 82.1 Å². The summed E-state index contributed by atoms with van der Waals surface area (Å²) in [6.07, 6.45) is 4.04. The number of nitrogens with one attached hydrogen (secondary N) is 1. The Morgan fingerprint density at radius 3 is 2.55 bits per heavy atom. The molecule has 3 saturated heterocycles. The van der Waals surface area contributed by atoms with E-state index in [0.29, 0.717) is 23.6 Å². The standard InChI is InChI=1S/C39H47BrClN3O7/c1-6-9-18-30(46)50-22-28(25-15-11-10-12-16-25)42-36(47)31-32-37(48)44(29(21-45)23(4)8-3)35(39(32)20-26(40)34(31)51-39)38(49)43(19-7-2)33-24(5)14-13-17-27(33)41/h6-7,10-17,23,26,28-29,31-32,34-35,45H,1-2,8-9,18-22H2,3-5H3,(H,42,47)/t23-,26?,28-,29-,31+,32-,34+,35+,39-/m0/s1. The van der Waals surface area contributed by atoms with Crippen LogP contribution in [0.1, 0.15) is 56.7 Å². The van der Waals surface area contributed by atoms with Crippen molar-refractivity contribution in [3.63, 3.8) is 0 Å². The Balaban J connectivity index is 1.56. The fourth-order valence-corrected chi connectivity index (χ4v) is 9.26. The first kappa shape index (κ1) is 38.7. The van der Waals surface area contributed by atoms with E-state index in [2.05, 4.69) is 34.4 Å². The summed E-state index contributed by atoms with van der Waals surface area (Å²) >= 11 is 10.5. The minimum absolute atomic E-state index is 0.102. The van der Waals surface area contributed by atoms with Crippen molar-refractivity contribution in [2.75, 3.05) is 24.7 Å². The number of carbonyl (C=O) groups is 4. The van der Waals surface area contributed by atoms with Crippen LogP contribution in [0.25, 0.3) is 0 Å². The van der Waals surface area contributed by atoms with Crippen molar-refractivity contribution in [1.82, 2.24) is 10.2 Å². The molecule has 3 aliphatic heterocycles. The number of nitrogens with zero attached hydrogens (tertiary/aromatic N) is 2. The van der Waals surface area contributed by atoms with Gasteiger partial charge < -0.3 is 29.7 Å². The van der Waals surface area contributed by atoms with E-state index in [1.165, 1.54) is 9.80 Å². The third-order valence-corrected chi connectivity index (χ3v) is 11.8. The van der Waals surface area contributed by atoms with E-state index >= 15 is 4.79 Å². The number of hydrogen-bond donors (Lipinski definition) is 2. The van der Waals surface area contributed by atoms with Gasteiger partial charge in [-0.25, -0.2) is 0 Å². The third-order valence-electron chi connectivity index (χ3n) is 10.6. The molecule has 3 amide bonds. The third kappa shape index (κ3) is 7.27. The molecule has 2 aromatic rings. The molecular weight excluding hydrogens is 738 g/mol. The van der Waals surface area contributed by atoms with Gasteiger partial charge in [0.1, 0.15) is 18.2 Å². The predicted molar refractivity (Wildman–Crippen MR) is 199 cm³/mol. The van der Waals surface area contributed by atoms with Crippen LogP contribution in [-0.2, 0) is 28.7 Å². The number of aliphatic hydroxyl groups excluding tert-OH is 1. The highest BCUT2D eigenvalue weighted by atomic mass is 79.9. The van der Waals surface area contributed by atoms with E-state index in [1.54, 1.807) is 24.3 Å². The zero-order valence-corrected chi connectivity index (χ0v) is 31.6. The van der Waals surface area contributed by atoms with E-state index in [-0.39, 0.29) is 43.3 Å². The lowest BCUT2D eigenvalue weighted by Crippen LogP contribution is -2.60. The monoisotopic (exact) mass is 783 g/mol. The number of allylic oxidation sites excluding steroid dienone is 1. The van der Waals surface area contributed by atoms with Gasteiger partial charge in [-0.05, 0) is 42.9 Å². The summed E-state index contributed by atoms with van der Waals surface area (Å²) in [5.41, 5.74) is 0.582. The lowest BCUT2D eigenvalue weighted by Gasteiger charge is -2.41. The molecule has 5 rings (SSSR count). The molecule has 274 valence electrons. The Kier molecular flexibility index (Phi) is 12.5. The molecule has 2 aromatic carbocycles. The number of alkyl halides is 1. The van der Waals surface area contributed by atoms with Gasteiger partial charge in [-0.2, -0.15) is 0 Å². The van der Waals surface area contributed by atoms with Crippen LogP contribution in [0.3, 0.4) is 0 Å². The lowest BCUT2D eigenvalue weighted by atomic mass is 9.70. The summed E-state index contributed by atoms with van der Waals surface area (Å²) in [4.78, 5) is 59.6. The number of rotatable bonds is 16. The van der Waals surface area contributed by atoms with E-state index in [0.717, 1.165) is 11.1 Å². The number of aryl methyl sites for hydroxylation is 1. The van der Waals surface area contributed by atoms with Crippen molar-refractivity contribution in [2.45, 2.75) is 81.1 Å². The highest BCUT2D eigenvalue weighted by Crippen LogP contribution is 2.61. The van der Waals surface area contributed by atoms with Crippen molar-refractivity contribution in [3.05, 3.63) is 90.0 Å². The Morgan fingerprint density at radius 2 is 1.92 bits per heavy atom. The first-order chi connectivity index (χ1) is 24.4. The van der Waals surface area contributed by atoms with E-state index in [9.17, 15) is 19.5 Å². The quantitative estimate of drug-likeness (QED) is 0.127. The second-order valence-electron chi connectivity index (χ2n) is 13.7. The summed E-state index contributed by atoms with van der Waals surface area (Å²) in [5, 5.41) is 14.2. The molecule has 0 aliphatic carbocycles. The Hall–Kier alpha value is -3.51.